The van der Waals surface area contributed by atoms with Crippen LogP contribution in [0.5, 0.6) is 5.88 Å². The van der Waals surface area contributed by atoms with Gasteiger partial charge in [-0.05, 0) is 28.4 Å². The Bertz CT molecular complexity index is 353. The van der Waals surface area contributed by atoms with E-state index in [1.54, 1.807) is 12.3 Å². The third kappa shape index (κ3) is 2.92. The minimum absolute atomic E-state index is 0.104. The van der Waals surface area contributed by atoms with Crippen LogP contribution in [0.4, 0.5) is 0 Å². The fraction of sp³-hybridized carbons (Fsp3) is 0.400. The maximum absolute atomic E-state index is 10.9. The van der Waals surface area contributed by atoms with Gasteiger partial charge in [0.15, 0.2) is 0 Å². The molecule has 0 unspecified atom stereocenters. The van der Waals surface area contributed by atoms with E-state index in [1.807, 2.05) is 6.07 Å². The molecule has 1 aromatic rings. The Kier molecular flexibility index (Phi) is 3.20. The Balaban J connectivity index is 1.83. The number of pyridine rings is 1. The summed E-state index contributed by atoms with van der Waals surface area (Å²) in [5, 5.41) is 2.83. The van der Waals surface area contributed by atoms with Crippen molar-refractivity contribution >= 4 is 21.8 Å². The molecule has 1 N–H and O–H groups in total. The lowest BCUT2D eigenvalue weighted by atomic mass is 10.2. The number of nitrogens with one attached hydrogen (secondary N) is 1. The van der Waals surface area contributed by atoms with Crippen LogP contribution in [0.3, 0.4) is 0 Å². The summed E-state index contributed by atoms with van der Waals surface area (Å²) in [4.78, 5) is 15.0. The van der Waals surface area contributed by atoms with Crippen LogP contribution in [0.1, 0.15) is 12.8 Å². The molecule has 15 heavy (non-hydrogen) atoms. The van der Waals surface area contributed by atoms with Gasteiger partial charge in [0, 0.05) is 23.2 Å². The second-order valence-corrected chi connectivity index (χ2v) is 4.34. The summed E-state index contributed by atoms with van der Waals surface area (Å²) in [6.45, 7) is 0.486. The molecule has 0 bridgehead atoms. The monoisotopic (exact) mass is 270 g/mol. The Hall–Kier alpha value is -1.10. The summed E-state index contributed by atoms with van der Waals surface area (Å²) in [5.41, 5.74) is 0. The van der Waals surface area contributed by atoms with Crippen molar-refractivity contribution < 1.29 is 9.53 Å². The third-order valence-electron chi connectivity index (χ3n) is 2.22. The highest BCUT2D eigenvalue weighted by Gasteiger charge is 2.20. The fourth-order valence-corrected chi connectivity index (χ4v) is 1.67. The van der Waals surface area contributed by atoms with Crippen molar-refractivity contribution in [3.63, 3.8) is 0 Å². The summed E-state index contributed by atoms with van der Waals surface area (Å²) < 4.78 is 6.37. The minimum Gasteiger partial charge on any atom is -0.475 e. The van der Waals surface area contributed by atoms with E-state index in [-0.39, 0.29) is 11.9 Å². The molecule has 0 saturated carbocycles. The van der Waals surface area contributed by atoms with E-state index in [1.165, 1.54) is 0 Å². The topological polar surface area (TPSA) is 51.2 Å². The highest BCUT2D eigenvalue weighted by molar-refractivity contribution is 9.10. The number of amides is 1. The lowest BCUT2D eigenvalue weighted by Gasteiger charge is -2.10. The Labute approximate surface area is 96.2 Å². The molecule has 1 aromatic heterocycles. The summed E-state index contributed by atoms with van der Waals surface area (Å²) in [6.07, 6.45) is 3.12. The number of hydrogen-bond donors (Lipinski definition) is 1. The maximum atomic E-state index is 10.9. The molecule has 2 heterocycles. The van der Waals surface area contributed by atoms with Crippen molar-refractivity contribution in [1.29, 1.82) is 0 Å². The molecule has 1 amide bonds. The zero-order valence-electron chi connectivity index (χ0n) is 8.07. The molecule has 0 radical (unpaired) electrons. The molecule has 4 nitrogen and oxygen atoms in total. The second kappa shape index (κ2) is 4.61. The third-order valence-corrected chi connectivity index (χ3v) is 2.69. The average Bonchev–Trinajstić information content (AvgIpc) is 2.64. The fourth-order valence-electron chi connectivity index (χ4n) is 1.44. The first kappa shape index (κ1) is 10.4. The van der Waals surface area contributed by atoms with Crippen LogP contribution in [0.15, 0.2) is 22.8 Å². The van der Waals surface area contributed by atoms with Crippen molar-refractivity contribution in [3.8, 4) is 5.88 Å². The number of nitrogens with zero attached hydrogens (tertiary/aromatic N) is 1. The normalized spacial score (nSPS) is 20.1. The predicted octanol–water partition coefficient (Wildman–Crippen LogP) is 1.50. The number of halogens is 1. The smallest absolute Gasteiger partial charge is 0.220 e. The molecule has 1 aliphatic heterocycles. The highest BCUT2D eigenvalue weighted by Crippen LogP contribution is 2.13. The highest BCUT2D eigenvalue weighted by atomic mass is 79.9. The molecule has 80 valence electrons. The number of carbonyl (C=O) groups excluding carboxylic acids is 1. The van der Waals surface area contributed by atoms with Crippen LogP contribution < -0.4 is 10.1 Å². The number of rotatable bonds is 3. The van der Waals surface area contributed by atoms with E-state index in [4.69, 9.17) is 4.74 Å². The van der Waals surface area contributed by atoms with Crippen LogP contribution in [0.25, 0.3) is 0 Å². The molecular weight excluding hydrogens is 260 g/mol. The van der Waals surface area contributed by atoms with Gasteiger partial charge in [-0.25, -0.2) is 4.98 Å². The van der Waals surface area contributed by atoms with E-state index < -0.39 is 0 Å². The molecular formula is C10H11BrN2O2. The van der Waals surface area contributed by atoms with Gasteiger partial charge in [-0.1, -0.05) is 0 Å². The lowest BCUT2D eigenvalue weighted by molar-refractivity contribution is -0.119. The number of hydrogen-bond acceptors (Lipinski definition) is 3. The van der Waals surface area contributed by atoms with Crippen LogP contribution in [-0.4, -0.2) is 23.5 Å². The molecule has 5 heteroatoms. The molecule has 0 aliphatic carbocycles. The quantitative estimate of drug-likeness (QED) is 0.906. The molecule has 1 atom stereocenters. The van der Waals surface area contributed by atoms with Gasteiger partial charge >= 0.3 is 0 Å². The van der Waals surface area contributed by atoms with Gasteiger partial charge < -0.3 is 10.1 Å². The van der Waals surface area contributed by atoms with Crippen molar-refractivity contribution in [1.82, 2.24) is 10.3 Å². The summed E-state index contributed by atoms with van der Waals surface area (Å²) >= 11 is 3.30. The van der Waals surface area contributed by atoms with Crippen molar-refractivity contribution in [2.75, 3.05) is 6.61 Å². The SMILES string of the molecule is O=C1CC[C@H](COc2ccc(Br)cn2)N1. The van der Waals surface area contributed by atoms with Crippen LogP contribution in [0, 0.1) is 0 Å². The maximum Gasteiger partial charge on any atom is 0.220 e. The average molecular weight is 271 g/mol. The van der Waals surface area contributed by atoms with Crippen molar-refractivity contribution in [3.05, 3.63) is 22.8 Å². The largest absolute Gasteiger partial charge is 0.475 e. The van der Waals surface area contributed by atoms with Crippen LogP contribution in [-0.2, 0) is 4.79 Å². The summed E-state index contributed by atoms with van der Waals surface area (Å²) in [5.74, 6) is 0.687. The van der Waals surface area contributed by atoms with Gasteiger partial charge in [0.05, 0.1) is 6.04 Å². The number of carbonyl (C=O) groups is 1. The van der Waals surface area contributed by atoms with E-state index in [0.29, 0.717) is 18.9 Å². The molecule has 0 aromatic carbocycles. The zero-order valence-corrected chi connectivity index (χ0v) is 9.66. The first-order valence-electron chi connectivity index (χ1n) is 4.78. The zero-order chi connectivity index (χ0) is 10.7. The molecule has 2 rings (SSSR count). The number of ether oxygens (including phenoxy) is 1. The second-order valence-electron chi connectivity index (χ2n) is 3.43. The van der Waals surface area contributed by atoms with Crippen molar-refractivity contribution in [2.45, 2.75) is 18.9 Å². The Morgan fingerprint density at radius 1 is 1.60 bits per heavy atom. The summed E-state index contributed by atoms with van der Waals surface area (Å²) in [6, 6.07) is 3.79. The van der Waals surface area contributed by atoms with Gasteiger partial charge in [-0.3, -0.25) is 4.79 Å². The van der Waals surface area contributed by atoms with E-state index in [2.05, 4.69) is 26.2 Å². The van der Waals surface area contributed by atoms with E-state index >= 15 is 0 Å². The first-order valence-corrected chi connectivity index (χ1v) is 5.57. The van der Waals surface area contributed by atoms with E-state index in [0.717, 1.165) is 10.9 Å². The standard InChI is InChI=1S/C10H11BrN2O2/c11-7-1-4-10(12-5-7)15-6-8-2-3-9(14)13-8/h1,4-5,8H,2-3,6H2,(H,13,14)/t8-/m1/s1. The van der Waals surface area contributed by atoms with Gasteiger partial charge in [-0.2, -0.15) is 0 Å². The Morgan fingerprint density at radius 3 is 3.07 bits per heavy atom. The molecule has 1 aliphatic rings. The number of aromatic nitrogens is 1. The molecule has 1 fully saturated rings. The van der Waals surface area contributed by atoms with Crippen LogP contribution in [0.2, 0.25) is 0 Å². The van der Waals surface area contributed by atoms with Crippen LogP contribution >= 0.6 is 15.9 Å². The molecule has 0 spiro atoms. The predicted molar refractivity (Wildman–Crippen MR) is 58.6 cm³/mol. The van der Waals surface area contributed by atoms with Gasteiger partial charge in [0.25, 0.3) is 0 Å². The first-order chi connectivity index (χ1) is 7.24. The van der Waals surface area contributed by atoms with Gasteiger partial charge in [-0.15, -0.1) is 0 Å². The van der Waals surface area contributed by atoms with Crippen molar-refractivity contribution in [2.24, 2.45) is 0 Å². The van der Waals surface area contributed by atoms with E-state index in [9.17, 15) is 4.79 Å². The summed E-state index contributed by atoms with van der Waals surface area (Å²) in [7, 11) is 0. The lowest BCUT2D eigenvalue weighted by Crippen LogP contribution is -2.30. The minimum atomic E-state index is 0.104. The van der Waals surface area contributed by atoms with Gasteiger partial charge in [0.1, 0.15) is 6.61 Å². The molecule has 1 saturated heterocycles. The van der Waals surface area contributed by atoms with Gasteiger partial charge in [0.2, 0.25) is 11.8 Å². The Morgan fingerprint density at radius 2 is 2.47 bits per heavy atom.